The quantitative estimate of drug-likeness (QED) is 0.606. The third-order valence-electron chi connectivity index (χ3n) is 1.77. The smallest absolute Gasteiger partial charge is 0.676 e. The van der Waals surface area contributed by atoms with Crippen molar-refractivity contribution in [1.82, 2.24) is 0 Å². The summed E-state index contributed by atoms with van der Waals surface area (Å²) in [5.41, 5.74) is 14.6. The van der Waals surface area contributed by atoms with E-state index >= 15 is 0 Å². The Morgan fingerprint density at radius 3 is 1.36 bits per heavy atom. The third-order valence-corrected chi connectivity index (χ3v) is 1.77. The van der Waals surface area contributed by atoms with E-state index in [0.717, 1.165) is 12.8 Å². The van der Waals surface area contributed by atoms with Gasteiger partial charge in [-0.3, -0.25) is 0 Å². The maximum Gasteiger partial charge on any atom is 3.00 e. The van der Waals surface area contributed by atoms with Gasteiger partial charge in [-0.15, -0.1) is 0 Å². The molecular weight excluding hydrogens is 320 g/mol. The first-order valence-corrected chi connectivity index (χ1v) is 3.23. The standard InChI is InChI=1S/C6H12N2.CH3.Ir.H2O/c7-5-3-1-2-4-6(5)8;;;/h5-8H,1-4H2;1H3;;1H2/q-2;-1;+3;/t5-,6-;;;/m1.../s1. The molecule has 0 heterocycles. The summed E-state index contributed by atoms with van der Waals surface area (Å²) in [7, 11) is 0. The number of nitrogens with one attached hydrogen (secondary N) is 2. The minimum absolute atomic E-state index is 0. The van der Waals surface area contributed by atoms with Crippen LogP contribution in [0.3, 0.4) is 0 Å². The average molecular weight is 337 g/mol. The molecule has 1 aliphatic rings. The van der Waals surface area contributed by atoms with Gasteiger partial charge in [0.2, 0.25) is 0 Å². The molecular formula is C7H17IrN2O. The molecule has 0 saturated heterocycles. The van der Waals surface area contributed by atoms with Gasteiger partial charge in [0.25, 0.3) is 0 Å². The van der Waals surface area contributed by atoms with Gasteiger partial charge in [0, 0.05) is 0 Å². The molecule has 0 aliphatic heterocycles. The molecule has 2 atom stereocenters. The Bertz CT molecular complexity index is 72.8. The Labute approximate surface area is 82.6 Å². The molecule has 4 heteroatoms. The first-order valence-electron chi connectivity index (χ1n) is 3.23. The molecule has 0 spiro atoms. The van der Waals surface area contributed by atoms with Crippen LogP contribution in [-0.2, 0) is 20.1 Å². The maximum absolute atomic E-state index is 7.29. The van der Waals surface area contributed by atoms with Crippen LogP contribution in [0, 0.1) is 7.43 Å². The molecule has 0 aromatic carbocycles. The van der Waals surface area contributed by atoms with Crippen molar-refractivity contribution in [3.05, 3.63) is 18.9 Å². The average Bonchev–Trinajstić information content (AvgIpc) is 1.77. The molecule has 1 fully saturated rings. The van der Waals surface area contributed by atoms with Crippen molar-refractivity contribution in [2.75, 3.05) is 0 Å². The zero-order chi connectivity index (χ0) is 5.98. The predicted molar refractivity (Wildman–Crippen MR) is 44.7 cm³/mol. The largest absolute Gasteiger partial charge is 3.00 e. The fraction of sp³-hybridized carbons (Fsp3) is 0.857. The molecule has 0 radical (unpaired) electrons. The Morgan fingerprint density at radius 2 is 1.18 bits per heavy atom. The van der Waals surface area contributed by atoms with Crippen LogP contribution < -0.4 is 0 Å². The van der Waals surface area contributed by atoms with Gasteiger partial charge in [-0.2, -0.15) is 12.1 Å². The summed E-state index contributed by atoms with van der Waals surface area (Å²) in [4.78, 5) is 0. The van der Waals surface area contributed by atoms with Gasteiger partial charge in [0.15, 0.2) is 0 Å². The van der Waals surface area contributed by atoms with Crippen LogP contribution in [0.15, 0.2) is 0 Å². The molecule has 11 heavy (non-hydrogen) atoms. The van der Waals surface area contributed by atoms with Gasteiger partial charge in [-0.05, 0) is 0 Å². The monoisotopic (exact) mass is 338 g/mol. The van der Waals surface area contributed by atoms with E-state index in [9.17, 15) is 0 Å². The predicted octanol–water partition coefficient (Wildman–Crippen LogP) is 2.03. The SMILES string of the molecule is O.[CH3-].[Ir+3].[NH-][C@@H]1CCCC[C@H]1[NH-]. The minimum Gasteiger partial charge on any atom is -0.676 e. The third kappa shape index (κ3) is 5.76. The van der Waals surface area contributed by atoms with Crippen molar-refractivity contribution in [1.29, 1.82) is 0 Å². The summed E-state index contributed by atoms with van der Waals surface area (Å²) in [5, 5.41) is 0. The molecule has 1 rings (SSSR count). The van der Waals surface area contributed by atoms with Gasteiger partial charge in [-0.25, -0.2) is 0 Å². The summed E-state index contributed by atoms with van der Waals surface area (Å²) in [6, 6.07) is -0.160. The summed E-state index contributed by atoms with van der Waals surface area (Å²) in [6.45, 7) is 0. The Balaban J connectivity index is -0.000000213. The van der Waals surface area contributed by atoms with Crippen molar-refractivity contribution >= 4 is 0 Å². The molecule has 3 nitrogen and oxygen atoms in total. The van der Waals surface area contributed by atoms with Crippen LogP contribution in [0.5, 0.6) is 0 Å². The van der Waals surface area contributed by atoms with E-state index in [4.69, 9.17) is 11.5 Å². The van der Waals surface area contributed by atoms with Crippen LogP contribution in [0.1, 0.15) is 25.7 Å². The van der Waals surface area contributed by atoms with Crippen LogP contribution in [0.25, 0.3) is 11.5 Å². The second kappa shape index (κ2) is 8.62. The molecule has 1 saturated carbocycles. The van der Waals surface area contributed by atoms with Crippen molar-refractivity contribution in [3.8, 4) is 0 Å². The first-order chi connectivity index (χ1) is 3.80. The van der Waals surface area contributed by atoms with Crippen molar-refractivity contribution in [3.63, 3.8) is 0 Å². The van der Waals surface area contributed by atoms with Crippen LogP contribution in [0.4, 0.5) is 0 Å². The molecule has 0 unspecified atom stereocenters. The topological polar surface area (TPSA) is 79.1 Å². The van der Waals surface area contributed by atoms with E-state index in [1.165, 1.54) is 12.8 Å². The summed E-state index contributed by atoms with van der Waals surface area (Å²) in [5.74, 6) is 0. The molecule has 4 N–H and O–H groups in total. The zero-order valence-corrected chi connectivity index (χ0v) is 9.21. The summed E-state index contributed by atoms with van der Waals surface area (Å²) < 4.78 is 0. The van der Waals surface area contributed by atoms with Crippen LogP contribution in [-0.4, -0.2) is 17.6 Å². The summed E-state index contributed by atoms with van der Waals surface area (Å²) >= 11 is 0. The second-order valence-electron chi connectivity index (χ2n) is 2.50. The van der Waals surface area contributed by atoms with Gasteiger partial charge in [-0.1, -0.05) is 25.7 Å². The molecule has 0 amide bonds. The van der Waals surface area contributed by atoms with Gasteiger partial charge in [0.1, 0.15) is 0 Å². The number of hydrogen-bond acceptors (Lipinski definition) is 0. The summed E-state index contributed by atoms with van der Waals surface area (Å²) in [6.07, 6.45) is 4.25. The normalized spacial score (nSPS) is 28.9. The van der Waals surface area contributed by atoms with Gasteiger partial charge in [0.05, 0.1) is 0 Å². The zero-order valence-electron chi connectivity index (χ0n) is 6.82. The molecule has 0 aromatic rings. The Kier molecular flexibility index (Phi) is 13.8. The second-order valence-corrected chi connectivity index (χ2v) is 2.50. The van der Waals surface area contributed by atoms with Crippen LogP contribution >= 0.6 is 0 Å². The molecule has 70 valence electrons. The molecule has 0 aromatic heterocycles. The molecule has 1 aliphatic carbocycles. The van der Waals surface area contributed by atoms with E-state index in [2.05, 4.69) is 0 Å². The fourth-order valence-corrected chi connectivity index (χ4v) is 1.13. The maximum atomic E-state index is 7.29. The van der Waals surface area contributed by atoms with E-state index in [1.54, 1.807) is 0 Å². The number of rotatable bonds is 0. The minimum atomic E-state index is -0.0799. The van der Waals surface area contributed by atoms with Crippen molar-refractivity contribution in [2.24, 2.45) is 0 Å². The van der Waals surface area contributed by atoms with E-state index in [0.29, 0.717) is 0 Å². The van der Waals surface area contributed by atoms with E-state index in [1.807, 2.05) is 0 Å². The van der Waals surface area contributed by atoms with Crippen LogP contribution in [0.2, 0.25) is 0 Å². The van der Waals surface area contributed by atoms with Gasteiger partial charge >= 0.3 is 20.1 Å². The first kappa shape index (κ1) is 17.6. The van der Waals surface area contributed by atoms with Gasteiger partial charge < -0.3 is 24.4 Å². The Hall–Kier alpha value is 0.529. The van der Waals surface area contributed by atoms with Crippen molar-refractivity contribution < 1.29 is 25.6 Å². The molecule has 0 bridgehead atoms. The number of hydrogen-bond donors (Lipinski definition) is 0. The van der Waals surface area contributed by atoms with E-state index < -0.39 is 0 Å². The Morgan fingerprint density at radius 1 is 0.909 bits per heavy atom. The fourth-order valence-electron chi connectivity index (χ4n) is 1.13. The van der Waals surface area contributed by atoms with Crippen molar-refractivity contribution in [2.45, 2.75) is 37.8 Å². The van der Waals surface area contributed by atoms with E-state index in [-0.39, 0.29) is 45.1 Å².